The van der Waals surface area contributed by atoms with Gasteiger partial charge < -0.3 is 9.84 Å². The molecule has 7 heteroatoms. The maximum Gasteiger partial charge on any atom is 0.213 e. The molecule has 1 aliphatic rings. The summed E-state index contributed by atoms with van der Waals surface area (Å²) in [4.78, 5) is 0. The molecule has 1 unspecified atom stereocenters. The first kappa shape index (κ1) is 14.5. The van der Waals surface area contributed by atoms with Gasteiger partial charge in [0.25, 0.3) is 0 Å². The van der Waals surface area contributed by atoms with E-state index >= 15 is 0 Å². The summed E-state index contributed by atoms with van der Waals surface area (Å²) in [7, 11) is -3.29. The zero-order valence-corrected chi connectivity index (χ0v) is 12.4. The summed E-state index contributed by atoms with van der Waals surface area (Å²) in [6.07, 6.45) is 2.31. The molecule has 1 heterocycles. The van der Waals surface area contributed by atoms with Crippen LogP contribution < -0.4 is 10.0 Å². The lowest BCUT2D eigenvalue weighted by Crippen LogP contribution is -2.34. The van der Waals surface area contributed by atoms with Crippen molar-refractivity contribution in [2.24, 2.45) is 0 Å². The second-order valence-corrected chi connectivity index (χ2v) is 7.00. The van der Waals surface area contributed by atoms with Crippen LogP contribution in [0.25, 0.3) is 0 Å². The average Bonchev–Trinajstić information content (AvgIpc) is 3.03. The van der Waals surface area contributed by atoms with E-state index in [1.165, 1.54) is 0 Å². The molecule has 1 aromatic rings. The molecule has 1 saturated carbocycles. The van der Waals surface area contributed by atoms with E-state index in [0.717, 1.165) is 24.1 Å². The maximum atomic E-state index is 12.0. The van der Waals surface area contributed by atoms with Crippen molar-refractivity contribution in [2.75, 3.05) is 12.3 Å². The molecule has 6 nitrogen and oxygen atoms in total. The third kappa shape index (κ3) is 4.02. The van der Waals surface area contributed by atoms with Gasteiger partial charge in [-0.2, -0.15) is 0 Å². The summed E-state index contributed by atoms with van der Waals surface area (Å²) in [6.45, 7) is 5.90. The summed E-state index contributed by atoms with van der Waals surface area (Å²) < 4.78 is 31.6. The van der Waals surface area contributed by atoms with Crippen LogP contribution in [0.1, 0.15) is 42.8 Å². The van der Waals surface area contributed by atoms with E-state index in [-0.39, 0.29) is 11.8 Å². The van der Waals surface area contributed by atoms with Gasteiger partial charge in [0.15, 0.2) is 0 Å². The molecule has 108 valence electrons. The van der Waals surface area contributed by atoms with Crippen molar-refractivity contribution >= 4 is 10.0 Å². The molecule has 0 aromatic carbocycles. The molecule has 1 aliphatic carbocycles. The van der Waals surface area contributed by atoms with E-state index in [2.05, 4.69) is 15.2 Å². The van der Waals surface area contributed by atoms with E-state index in [1.54, 1.807) is 13.8 Å². The third-order valence-corrected chi connectivity index (χ3v) is 4.71. The monoisotopic (exact) mass is 287 g/mol. The van der Waals surface area contributed by atoms with Crippen molar-refractivity contribution in [3.63, 3.8) is 0 Å². The molecular weight excluding hydrogens is 266 g/mol. The zero-order valence-electron chi connectivity index (χ0n) is 11.6. The summed E-state index contributed by atoms with van der Waals surface area (Å²) in [5, 5.41) is 7.03. The van der Waals surface area contributed by atoms with Gasteiger partial charge >= 0.3 is 0 Å². The third-order valence-electron chi connectivity index (χ3n) is 3.26. The van der Waals surface area contributed by atoms with E-state index in [9.17, 15) is 8.42 Å². The molecule has 19 heavy (non-hydrogen) atoms. The SMILES string of the molecule is Cc1noc(C)c1C(C)NS(=O)(=O)CCNC1CC1. The molecule has 2 rings (SSSR count). The van der Waals surface area contributed by atoms with E-state index < -0.39 is 10.0 Å². The summed E-state index contributed by atoms with van der Waals surface area (Å²) in [5.74, 6) is 0.751. The number of sulfonamides is 1. The van der Waals surface area contributed by atoms with Gasteiger partial charge in [0.2, 0.25) is 10.0 Å². The second kappa shape index (κ2) is 5.60. The lowest BCUT2D eigenvalue weighted by molar-refractivity contribution is 0.391. The first-order chi connectivity index (χ1) is 8.89. The minimum Gasteiger partial charge on any atom is -0.361 e. The Morgan fingerprint density at radius 2 is 2.11 bits per heavy atom. The average molecular weight is 287 g/mol. The molecule has 0 bridgehead atoms. The van der Waals surface area contributed by atoms with Crippen molar-refractivity contribution in [3.8, 4) is 0 Å². The van der Waals surface area contributed by atoms with Crippen molar-refractivity contribution < 1.29 is 12.9 Å². The zero-order chi connectivity index (χ0) is 14.0. The van der Waals surface area contributed by atoms with Crippen molar-refractivity contribution in [2.45, 2.75) is 45.7 Å². The maximum absolute atomic E-state index is 12.0. The van der Waals surface area contributed by atoms with Gasteiger partial charge in [0, 0.05) is 24.2 Å². The van der Waals surface area contributed by atoms with E-state index in [0.29, 0.717) is 18.3 Å². The largest absolute Gasteiger partial charge is 0.361 e. The second-order valence-electron chi connectivity index (χ2n) is 5.12. The number of nitrogens with zero attached hydrogens (tertiary/aromatic N) is 1. The molecule has 2 N–H and O–H groups in total. The van der Waals surface area contributed by atoms with Crippen LogP contribution in [0, 0.1) is 13.8 Å². The van der Waals surface area contributed by atoms with Crippen molar-refractivity contribution in [1.29, 1.82) is 0 Å². The fourth-order valence-electron chi connectivity index (χ4n) is 2.18. The molecule has 0 radical (unpaired) electrons. The molecule has 0 spiro atoms. The van der Waals surface area contributed by atoms with Gasteiger partial charge in [-0.3, -0.25) is 0 Å². The summed E-state index contributed by atoms with van der Waals surface area (Å²) in [6, 6.07) is 0.201. The van der Waals surface area contributed by atoms with Crippen molar-refractivity contribution in [3.05, 3.63) is 17.0 Å². The number of hydrogen-bond acceptors (Lipinski definition) is 5. The summed E-state index contributed by atoms with van der Waals surface area (Å²) in [5.41, 5.74) is 1.54. The quantitative estimate of drug-likeness (QED) is 0.782. The Bertz CT molecular complexity index is 515. The van der Waals surface area contributed by atoms with Crippen LogP contribution in [0.4, 0.5) is 0 Å². The summed E-state index contributed by atoms with van der Waals surface area (Å²) >= 11 is 0. The number of rotatable bonds is 7. The first-order valence-corrected chi connectivity index (χ1v) is 8.20. The Labute approximate surface area is 114 Å². The predicted molar refractivity (Wildman–Crippen MR) is 72.3 cm³/mol. The number of aryl methyl sites for hydroxylation is 2. The van der Waals surface area contributed by atoms with E-state index in [4.69, 9.17) is 4.52 Å². The molecule has 1 fully saturated rings. The van der Waals surface area contributed by atoms with Gasteiger partial charge in [-0.25, -0.2) is 13.1 Å². The Hall–Kier alpha value is -0.920. The number of aromatic nitrogens is 1. The highest BCUT2D eigenvalue weighted by Gasteiger charge is 2.23. The standard InChI is InChI=1S/C12H21N3O3S/c1-8-12(10(3)18-14-8)9(2)15-19(16,17)7-6-13-11-4-5-11/h9,11,13,15H,4-7H2,1-3H3. The first-order valence-electron chi connectivity index (χ1n) is 6.55. The van der Waals surface area contributed by atoms with Crippen LogP contribution in [0.5, 0.6) is 0 Å². The Morgan fingerprint density at radius 3 is 2.63 bits per heavy atom. The van der Waals surface area contributed by atoms with Crippen molar-refractivity contribution in [1.82, 2.24) is 15.2 Å². The molecule has 0 amide bonds. The van der Waals surface area contributed by atoms with Gasteiger partial charge in [0.05, 0.1) is 11.4 Å². The fourth-order valence-corrected chi connectivity index (χ4v) is 3.34. The Morgan fingerprint density at radius 1 is 1.42 bits per heavy atom. The molecular formula is C12H21N3O3S. The normalized spacial score (nSPS) is 17.6. The highest BCUT2D eigenvalue weighted by molar-refractivity contribution is 7.89. The van der Waals surface area contributed by atoms with Crippen LogP contribution in [-0.4, -0.2) is 31.9 Å². The fraction of sp³-hybridized carbons (Fsp3) is 0.750. The molecule has 1 aromatic heterocycles. The highest BCUT2D eigenvalue weighted by atomic mass is 32.2. The van der Waals surface area contributed by atoms with Gasteiger partial charge in [0.1, 0.15) is 5.76 Å². The van der Waals surface area contributed by atoms with Gasteiger partial charge in [-0.15, -0.1) is 0 Å². The topological polar surface area (TPSA) is 84.2 Å². The van der Waals surface area contributed by atoms with Crippen LogP contribution >= 0.6 is 0 Å². The van der Waals surface area contributed by atoms with Gasteiger partial charge in [-0.1, -0.05) is 5.16 Å². The Balaban J connectivity index is 1.91. The lowest BCUT2D eigenvalue weighted by atomic mass is 10.1. The Kier molecular flexibility index (Phi) is 4.27. The smallest absolute Gasteiger partial charge is 0.213 e. The molecule has 0 aliphatic heterocycles. The van der Waals surface area contributed by atoms with Crippen LogP contribution in [0.2, 0.25) is 0 Å². The van der Waals surface area contributed by atoms with Crippen LogP contribution in [0.15, 0.2) is 4.52 Å². The van der Waals surface area contributed by atoms with Gasteiger partial charge in [-0.05, 0) is 33.6 Å². The lowest BCUT2D eigenvalue weighted by Gasteiger charge is -2.14. The molecule has 0 saturated heterocycles. The predicted octanol–water partition coefficient (Wildman–Crippen LogP) is 1.02. The molecule has 1 atom stereocenters. The highest BCUT2D eigenvalue weighted by Crippen LogP contribution is 2.21. The van der Waals surface area contributed by atoms with E-state index in [1.807, 2.05) is 6.92 Å². The van der Waals surface area contributed by atoms with Crippen LogP contribution in [0.3, 0.4) is 0 Å². The van der Waals surface area contributed by atoms with Crippen LogP contribution in [-0.2, 0) is 10.0 Å². The number of hydrogen-bond donors (Lipinski definition) is 2. The minimum atomic E-state index is -3.29. The minimum absolute atomic E-state index is 0.0945. The number of nitrogens with one attached hydrogen (secondary N) is 2.